The zero-order valence-corrected chi connectivity index (χ0v) is 11.0. The molecule has 0 aliphatic heterocycles. The lowest BCUT2D eigenvalue weighted by molar-refractivity contribution is 0.335. The van der Waals surface area contributed by atoms with Gasteiger partial charge in [-0.15, -0.1) is 5.10 Å². The highest BCUT2D eigenvalue weighted by molar-refractivity contribution is 4.91. The number of rotatable bonds is 4. The van der Waals surface area contributed by atoms with Crippen molar-refractivity contribution in [3.05, 3.63) is 11.9 Å². The molecule has 0 spiro atoms. The van der Waals surface area contributed by atoms with Crippen LogP contribution in [0.5, 0.6) is 0 Å². The van der Waals surface area contributed by atoms with E-state index in [9.17, 15) is 0 Å². The van der Waals surface area contributed by atoms with Crippen LogP contribution >= 0.6 is 0 Å². The van der Waals surface area contributed by atoms with Crippen LogP contribution in [0.1, 0.15) is 51.1 Å². The van der Waals surface area contributed by atoms with Gasteiger partial charge in [0.05, 0.1) is 5.69 Å². The average Bonchev–Trinajstić information content (AvgIpc) is 2.58. The highest BCUT2D eigenvalue weighted by Crippen LogP contribution is 2.25. The van der Waals surface area contributed by atoms with Gasteiger partial charge in [-0.05, 0) is 25.7 Å². The van der Waals surface area contributed by atoms with E-state index in [2.05, 4.69) is 22.6 Å². The molecule has 1 aliphatic rings. The van der Waals surface area contributed by atoms with Crippen LogP contribution in [-0.4, -0.2) is 21.0 Å². The van der Waals surface area contributed by atoms with Crippen molar-refractivity contribution in [2.45, 2.75) is 58.0 Å². The maximum Gasteiger partial charge on any atom is 0.0964 e. The Morgan fingerprint density at radius 2 is 2.06 bits per heavy atom. The Bertz CT molecular complexity index is 326. The molecule has 17 heavy (non-hydrogen) atoms. The van der Waals surface area contributed by atoms with E-state index in [0.29, 0.717) is 6.04 Å². The Morgan fingerprint density at radius 1 is 1.35 bits per heavy atom. The van der Waals surface area contributed by atoms with Crippen LogP contribution in [-0.2, 0) is 13.6 Å². The second-order valence-corrected chi connectivity index (χ2v) is 5.30. The van der Waals surface area contributed by atoms with Crippen LogP contribution in [0.2, 0.25) is 0 Å². The summed E-state index contributed by atoms with van der Waals surface area (Å²) in [7, 11) is 1.91. The van der Waals surface area contributed by atoms with Crippen molar-refractivity contribution >= 4 is 0 Å². The van der Waals surface area contributed by atoms with Crippen molar-refractivity contribution in [1.82, 2.24) is 20.3 Å². The van der Waals surface area contributed by atoms with Gasteiger partial charge in [-0.1, -0.05) is 30.9 Å². The molecule has 0 aromatic carbocycles. The highest BCUT2D eigenvalue weighted by atomic mass is 15.4. The molecule has 1 aliphatic carbocycles. The van der Waals surface area contributed by atoms with E-state index < -0.39 is 0 Å². The summed E-state index contributed by atoms with van der Waals surface area (Å²) in [5.41, 5.74) is 1.04. The van der Waals surface area contributed by atoms with Crippen molar-refractivity contribution in [1.29, 1.82) is 0 Å². The summed E-state index contributed by atoms with van der Waals surface area (Å²) >= 11 is 0. The van der Waals surface area contributed by atoms with Crippen LogP contribution in [0.3, 0.4) is 0 Å². The molecule has 1 heterocycles. The molecule has 4 heteroatoms. The fraction of sp³-hybridized carbons (Fsp3) is 0.846. The van der Waals surface area contributed by atoms with E-state index in [0.717, 1.165) is 18.2 Å². The lowest BCUT2D eigenvalue weighted by Gasteiger charge is -2.23. The van der Waals surface area contributed by atoms with Crippen LogP contribution in [0.15, 0.2) is 6.20 Å². The molecule has 1 aromatic heterocycles. The molecule has 96 valence electrons. The molecule has 0 amide bonds. The Kier molecular flexibility index (Phi) is 4.54. The van der Waals surface area contributed by atoms with Crippen LogP contribution < -0.4 is 5.32 Å². The minimum absolute atomic E-state index is 0.593. The monoisotopic (exact) mass is 236 g/mol. The maximum atomic E-state index is 4.10. The van der Waals surface area contributed by atoms with Crippen molar-refractivity contribution in [3.8, 4) is 0 Å². The SMILES string of the molecule is C[C@@H](NCc1cn(C)nn1)C1CCCCCC1. The molecule has 4 nitrogen and oxygen atoms in total. The number of nitrogens with zero attached hydrogens (tertiary/aromatic N) is 3. The first-order valence-electron chi connectivity index (χ1n) is 6.84. The van der Waals surface area contributed by atoms with E-state index in [1.807, 2.05) is 13.2 Å². The summed E-state index contributed by atoms with van der Waals surface area (Å²) in [5.74, 6) is 0.842. The zero-order chi connectivity index (χ0) is 12.1. The smallest absolute Gasteiger partial charge is 0.0964 e. The third kappa shape index (κ3) is 3.80. The van der Waals surface area contributed by atoms with Crippen LogP contribution in [0, 0.1) is 5.92 Å². The largest absolute Gasteiger partial charge is 0.308 e. The molecule has 0 bridgehead atoms. The van der Waals surface area contributed by atoms with Gasteiger partial charge in [0.15, 0.2) is 0 Å². The first kappa shape index (κ1) is 12.6. The average molecular weight is 236 g/mol. The number of hydrogen-bond donors (Lipinski definition) is 1. The van der Waals surface area contributed by atoms with Crippen molar-refractivity contribution in [2.24, 2.45) is 13.0 Å². The summed E-state index contributed by atoms with van der Waals surface area (Å²) in [5, 5.41) is 11.6. The summed E-state index contributed by atoms with van der Waals surface area (Å²) in [6.45, 7) is 3.15. The number of hydrogen-bond acceptors (Lipinski definition) is 3. The molecule has 1 N–H and O–H groups in total. The van der Waals surface area contributed by atoms with Crippen LogP contribution in [0.4, 0.5) is 0 Å². The maximum absolute atomic E-state index is 4.10. The number of nitrogens with one attached hydrogen (secondary N) is 1. The molecule has 2 rings (SSSR count). The highest BCUT2D eigenvalue weighted by Gasteiger charge is 2.18. The van der Waals surface area contributed by atoms with Gasteiger partial charge in [0.1, 0.15) is 0 Å². The summed E-state index contributed by atoms with van der Waals surface area (Å²) in [6.07, 6.45) is 10.4. The molecular formula is C13H24N4. The summed E-state index contributed by atoms with van der Waals surface area (Å²) < 4.78 is 1.76. The lowest BCUT2D eigenvalue weighted by Crippen LogP contribution is -2.33. The van der Waals surface area contributed by atoms with Crippen molar-refractivity contribution in [2.75, 3.05) is 0 Å². The zero-order valence-electron chi connectivity index (χ0n) is 11.0. The molecule has 0 unspecified atom stereocenters. The van der Waals surface area contributed by atoms with Crippen molar-refractivity contribution in [3.63, 3.8) is 0 Å². The Labute approximate surface area is 104 Å². The first-order chi connectivity index (χ1) is 8.25. The topological polar surface area (TPSA) is 42.7 Å². The molecule has 0 saturated heterocycles. The normalized spacial score (nSPS) is 20.1. The van der Waals surface area contributed by atoms with E-state index in [-0.39, 0.29) is 0 Å². The molecule has 1 aromatic rings. The first-order valence-corrected chi connectivity index (χ1v) is 6.84. The molecule has 0 radical (unpaired) electrons. The third-order valence-electron chi connectivity index (χ3n) is 3.86. The standard InChI is InChI=1S/C13H24N4/c1-11(12-7-5-3-4-6-8-12)14-9-13-10-17(2)16-15-13/h10-12,14H,3-9H2,1-2H3/t11-/m1/s1. The van der Waals surface area contributed by atoms with Gasteiger partial charge < -0.3 is 5.32 Å². The van der Waals surface area contributed by atoms with E-state index in [1.165, 1.54) is 38.5 Å². The summed E-state index contributed by atoms with van der Waals surface area (Å²) in [4.78, 5) is 0. The Morgan fingerprint density at radius 3 is 2.65 bits per heavy atom. The summed E-state index contributed by atoms with van der Waals surface area (Å²) in [6, 6.07) is 0.593. The quantitative estimate of drug-likeness (QED) is 0.815. The fourth-order valence-corrected chi connectivity index (χ4v) is 2.72. The van der Waals surface area contributed by atoms with Gasteiger partial charge in [-0.25, -0.2) is 0 Å². The minimum atomic E-state index is 0.593. The number of aryl methyl sites for hydroxylation is 1. The Balaban J connectivity index is 1.77. The van der Waals surface area contributed by atoms with Gasteiger partial charge in [0.2, 0.25) is 0 Å². The van der Waals surface area contributed by atoms with Crippen molar-refractivity contribution < 1.29 is 0 Å². The second kappa shape index (κ2) is 6.15. The molecule has 1 fully saturated rings. The lowest BCUT2D eigenvalue weighted by atomic mass is 9.93. The molecule has 1 saturated carbocycles. The van der Waals surface area contributed by atoms with Gasteiger partial charge in [-0.3, -0.25) is 4.68 Å². The van der Waals surface area contributed by atoms with Gasteiger partial charge in [-0.2, -0.15) is 0 Å². The predicted molar refractivity (Wildman–Crippen MR) is 68.5 cm³/mol. The third-order valence-corrected chi connectivity index (χ3v) is 3.86. The molecule has 1 atom stereocenters. The minimum Gasteiger partial charge on any atom is -0.308 e. The fourth-order valence-electron chi connectivity index (χ4n) is 2.72. The second-order valence-electron chi connectivity index (χ2n) is 5.30. The van der Waals surface area contributed by atoms with Gasteiger partial charge in [0.25, 0.3) is 0 Å². The van der Waals surface area contributed by atoms with Gasteiger partial charge >= 0.3 is 0 Å². The van der Waals surface area contributed by atoms with E-state index >= 15 is 0 Å². The van der Waals surface area contributed by atoms with E-state index in [1.54, 1.807) is 4.68 Å². The van der Waals surface area contributed by atoms with Gasteiger partial charge in [0, 0.05) is 25.8 Å². The Hall–Kier alpha value is -0.900. The number of aromatic nitrogens is 3. The molecular weight excluding hydrogens is 212 g/mol. The van der Waals surface area contributed by atoms with Crippen LogP contribution in [0.25, 0.3) is 0 Å². The van der Waals surface area contributed by atoms with E-state index in [4.69, 9.17) is 0 Å². The predicted octanol–water partition coefficient (Wildman–Crippen LogP) is 2.26.